The Hall–Kier alpha value is -3.47. The van der Waals surface area contributed by atoms with Crippen LogP contribution in [0.15, 0.2) is 72.9 Å². The molecule has 1 amide bonds. The normalized spacial score (nSPS) is 13.6. The first kappa shape index (κ1) is 16.7. The van der Waals surface area contributed by atoms with Crippen molar-refractivity contribution in [1.82, 2.24) is 10.3 Å². The Morgan fingerprint density at radius 2 is 1.64 bits per heavy atom. The van der Waals surface area contributed by atoms with Crippen LogP contribution in [-0.4, -0.2) is 16.9 Å². The number of aromatic amines is 1. The van der Waals surface area contributed by atoms with Gasteiger partial charge in [0.15, 0.2) is 11.2 Å². The number of halogens is 1. The van der Waals surface area contributed by atoms with Gasteiger partial charge in [0.05, 0.1) is 6.20 Å². The molecule has 1 aliphatic rings. The Balaban J connectivity index is 1.48. The van der Waals surface area contributed by atoms with Crippen LogP contribution < -0.4 is 9.72 Å². The second-order valence-electron chi connectivity index (χ2n) is 7.16. The van der Waals surface area contributed by atoms with E-state index in [1.54, 1.807) is 12.1 Å². The molecule has 0 radical (unpaired) electrons. The molecule has 138 valence electrons. The van der Waals surface area contributed by atoms with Crippen molar-refractivity contribution in [1.29, 1.82) is 0 Å². The van der Waals surface area contributed by atoms with Gasteiger partial charge in [0.2, 0.25) is 0 Å². The van der Waals surface area contributed by atoms with E-state index in [-0.39, 0.29) is 17.8 Å². The fourth-order valence-electron chi connectivity index (χ4n) is 4.00. The molecule has 4 nitrogen and oxygen atoms in total. The average molecular weight is 372 g/mol. The smallest absolute Gasteiger partial charge is 0.342 e. The molecular weight excluding hydrogens is 353 g/mol. The molecule has 1 aliphatic carbocycles. The number of carbonyl (C=O) groups is 1. The third-order valence-electron chi connectivity index (χ3n) is 5.33. The van der Waals surface area contributed by atoms with E-state index in [1.165, 1.54) is 23.3 Å². The van der Waals surface area contributed by atoms with Crippen LogP contribution in [0.3, 0.4) is 0 Å². The number of fused-ring (bicyclic) bond motifs is 2. The molecule has 0 fully saturated rings. The molecule has 2 aromatic heterocycles. The summed E-state index contributed by atoms with van der Waals surface area (Å²) in [6, 6.07) is 20.4. The topological polar surface area (TPSA) is 49.0 Å². The van der Waals surface area contributed by atoms with E-state index < -0.39 is 0 Å². The highest BCUT2D eigenvalue weighted by molar-refractivity contribution is 5.91. The fourth-order valence-corrected chi connectivity index (χ4v) is 4.00. The number of nitrogens with one attached hydrogen (secondary N) is 2. The molecule has 5 rings (SSSR count). The van der Waals surface area contributed by atoms with Crippen molar-refractivity contribution in [3.05, 3.63) is 95.7 Å². The van der Waals surface area contributed by atoms with Gasteiger partial charge in [-0.3, -0.25) is 4.79 Å². The number of aromatic nitrogens is 2. The lowest BCUT2D eigenvalue weighted by molar-refractivity contribution is -0.513. The Labute approximate surface area is 161 Å². The van der Waals surface area contributed by atoms with Gasteiger partial charge in [-0.15, -0.1) is 0 Å². The first-order valence-electron chi connectivity index (χ1n) is 9.35. The highest BCUT2D eigenvalue weighted by Crippen LogP contribution is 2.24. The number of rotatable bonds is 3. The lowest BCUT2D eigenvalue weighted by atomic mass is 10.1. The standard InChI is InChI=1S/C23H18FN3O/c24-18-10-8-15(9-11-18)21-20-7-3-4-12-27(20)22(26-21)23(28)25-19-13-16-5-1-2-6-17(16)14-19/h1-12,19H,13-14H2,(H,25,28)/p+1. The molecule has 0 saturated heterocycles. The van der Waals surface area contributed by atoms with E-state index in [0.717, 1.165) is 29.6 Å². The third-order valence-corrected chi connectivity index (χ3v) is 5.33. The van der Waals surface area contributed by atoms with Crippen LogP contribution in [-0.2, 0) is 12.8 Å². The summed E-state index contributed by atoms with van der Waals surface area (Å²) in [7, 11) is 0. The van der Waals surface area contributed by atoms with Gasteiger partial charge in [0.25, 0.3) is 0 Å². The first-order valence-corrected chi connectivity index (χ1v) is 9.35. The maximum absolute atomic E-state index is 13.3. The average Bonchev–Trinajstić information content (AvgIpc) is 3.29. The van der Waals surface area contributed by atoms with Gasteiger partial charge in [0, 0.05) is 11.6 Å². The maximum Gasteiger partial charge on any atom is 0.351 e. The van der Waals surface area contributed by atoms with Crippen molar-refractivity contribution in [2.24, 2.45) is 0 Å². The van der Waals surface area contributed by atoms with Gasteiger partial charge in [-0.2, -0.15) is 4.40 Å². The predicted molar refractivity (Wildman–Crippen MR) is 104 cm³/mol. The molecular formula is C23H19FN3O+. The van der Waals surface area contributed by atoms with Crippen LogP contribution in [0.5, 0.6) is 0 Å². The number of nitrogens with zero attached hydrogens (tertiary/aromatic N) is 1. The van der Waals surface area contributed by atoms with E-state index >= 15 is 0 Å². The summed E-state index contributed by atoms with van der Waals surface area (Å²) in [4.78, 5) is 16.3. The monoisotopic (exact) mass is 372 g/mol. The Morgan fingerprint density at radius 1 is 0.964 bits per heavy atom. The van der Waals surface area contributed by atoms with Gasteiger partial charge < -0.3 is 5.32 Å². The quantitative estimate of drug-likeness (QED) is 0.532. The molecule has 2 heterocycles. The van der Waals surface area contributed by atoms with Crippen LogP contribution in [0.1, 0.15) is 21.7 Å². The van der Waals surface area contributed by atoms with Crippen molar-refractivity contribution in [2.75, 3.05) is 0 Å². The molecule has 4 aromatic rings. The number of hydrogen-bond acceptors (Lipinski definition) is 1. The number of hydrogen-bond donors (Lipinski definition) is 2. The van der Waals surface area contributed by atoms with Crippen LogP contribution in [0.25, 0.3) is 16.8 Å². The SMILES string of the molecule is O=C(NC1Cc2ccccc2C1)c1[nH]c(-c2ccc(F)cc2)c2cccc[n+]12. The van der Waals surface area contributed by atoms with Crippen molar-refractivity contribution in [3.8, 4) is 11.3 Å². The molecule has 0 spiro atoms. The predicted octanol–water partition coefficient (Wildman–Crippen LogP) is 3.46. The lowest BCUT2D eigenvalue weighted by Crippen LogP contribution is -2.40. The van der Waals surface area contributed by atoms with Gasteiger partial charge in [0.1, 0.15) is 5.82 Å². The highest BCUT2D eigenvalue weighted by Gasteiger charge is 2.29. The van der Waals surface area contributed by atoms with Gasteiger partial charge in [-0.1, -0.05) is 30.3 Å². The van der Waals surface area contributed by atoms with Crippen molar-refractivity contribution in [3.63, 3.8) is 0 Å². The van der Waals surface area contributed by atoms with Crippen molar-refractivity contribution in [2.45, 2.75) is 18.9 Å². The fraction of sp³-hybridized carbons (Fsp3) is 0.130. The van der Waals surface area contributed by atoms with Crippen molar-refractivity contribution < 1.29 is 13.6 Å². The molecule has 5 heteroatoms. The van der Waals surface area contributed by atoms with Crippen molar-refractivity contribution >= 4 is 11.4 Å². The lowest BCUT2D eigenvalue weighted by Gasteiger charge is -2.09. The minimum atomic E-state index is -0.286. The second kappa shape index (κ2) is 6.60. The number of benzene rings is 2. The van der Waals surface area contributed by atoms with E-state index in [4.69, 9.17) is 0 Å². The number of amides is 1. The van der Waals surface area contributed by atoms with Crippen LogP contribution in [0.2, 0.25) is 0 Å². The zero-order valence-electron chi connectivity index (χ0n) is 15.2. The number of pyridine rings is 1. The summed E-state index contributed by atoms with van der Waals surface area (Å²) in [6.07, 6.45) is 3.54. The Morgan fingerprint density at radius 3 is 2.36 bits per heavy atom. The molecule has 2 N–H and O–H groups in total. The number of H-pyrrole nitrogens is 1. The summed E-state index contributed by atoms with van der Waals surface area (Å²) in [6.45, 7) is 0. The second-order valence-corrected chi connectivity index (χ2v) is 7.16. The largest absolute Gasteiger partial charge is 0.351 e. The van der Waals surface area contributed by atoms with Crippen LogP contribution in [0.4, 0.5) is 4.39 Å². The first-order chi connectivity index (χ1) is 13.7. The summed E-state index contributed by atoms with van der Waals surface area (Å²) in [5, 5.41) is 3.16. The summed E-state index contributed by atoms with van der Waals surface area (Å²) < 4.78 is 15.2. The van der Waals surface area contributed by atoms with Gasteiger partial charge in [-0.25, -0.2) is 9.37 Å². The molecule has 0 saturated carbocycles. The molecule has 2 aromatic carbocycles. The summed E-state index contributed by atoms with van der Waals surface area (Å²) in [5.41, 5.74) is 5.08. The molecule has 28 heavy (non-hydrogen) atoms. The summed E-state index contributed by atoms with van der Waals surface area (Å²) in [5.74, 6) is 0.0317. The molecule has 0 atom stereocenters. The van der Waals surface area contributed by atoms with E-state index in [2.05, 4.69) is 22.4 Å². The minimum absolute atomic E-state index is 0.0850. The van der Waals surface area contributed by atoms with Gasteiger partial charge >= 0.3 is 11.7 Å². The van der Waals surface area contributed by atoms with E-state index in [0.29, 0.717) is 5.82 Å². The third kappa shape index (κ3) is 2.85. The van der Waals surface area contributed by atoms with E-state index in [9.17, 15) is 9.18 Å². The van der Waals surface area contributed by atoms with E-state index in [1.807, 2.05) is 40.9 Å². The number of imidazole rings is 1. The molecule has 0 bridgehead atoms. The zero-order chi connectivity index (χ0) is 19.1. The highest BCUT2D eigenvalue weighted by atomic mass is 19.1. The minimum Gasteiger partial charge on any atom is -0.342 e. The Bertz CT molecular complexity index is 1160. The number of carbonyl (C=O) groups excluding carboxylic acids is 1. The zero-order valence-corrected chi connectivity index (χ0v) is 15.2. The van der Waals surface area contributed by atoms with Crippen LogP contribution in [0, 0.1) is 5.82 Å². The molecule has 0 aliphatic heterocycles. The van der Waals surface area contributed by atoms with Crippen LogP contribution >= 0.6 is 0 Å². The Kier molecular flexibility index (Phi) is 3.93. The molecule has 0 unspecified atom stereocenters. The summed E-state index contributed by atoms with van der Waals surface area (Å²) >= 11 is 0. The maximum atomic E-state index is 13.3. The van der Waals surface area contributed by atoms with Gasteiger partial charge in [-0.05, 0) is 60.4 Å².